The van der Waals surface area contributed by atoms with Gasteiger partial charge in [-0.1, -0.05) is 24.3 Å². The van der Waals surface area contributed by atoms with Crippen molar-refractivity contribution in [1.29, 1.82) is 5.26 Å². The van der Waals surface area contributed by atoms with Crippen molar-refractivity contribution in [3.05, 3.63) is 76.7 Å². The third kappa shape index (κ3) is 2.76. The summed E-state index contributed by atoms with van der Waals surface area (Å²) in [4.78, 5) is 13.9. The summed E-state index contributed by atoms with van der Waals surface area (Å²) >= 11 is 1.37. The van der Waals surface area contributed by atoms with E-state index in [2.05, 4.69) is 6.07 Å². The van der Waals surface area contributed by atoms with Gasteiger partial charge in [0.25, 0.3) is 0 Å². The minimum Gasteiger partial charge on any atom is -0.508 e. The van der Waals surface area contributed by atoms with Crippen molar-refractivity contribution in [3.63, 3.8) is 0 Å². The van der Waals surface area contributed by atoms with Crippen LogP contribution in [0.1, 0.15) is 20.8 Å². The zero-order chi connectivity index (χ0) is 15.5. The number of benzene rings is 2. The Balaban J connectivity index is 1.94. The summed E-state index contributed by atoms with van der Waals surface area (Å²) in [5.41, 5.74) is 1.96. The highest BCUT2D eigenvalue weighted by molar-refractivity contribution is 7.17. The van der Waals surface area contributed by atoms with Crippen molar-refractivity contribution in [2.75, 3.05) is 0 Å². The van der Waals surface area contributed by atoms with E-state index in [1.165, 1.54) is 23.5 Å². The highest BCUT2D eigenvalue weighted by Crippen LogP contribution is 2.30. The molecule has 106 valence electrons. The molecule has 0 unspecified atom stereocenters. The molecule has 1 heterocycles. The van der Waals surface area contributed by atoms with Gasteiger partial charge in [0.2, 0.25) is 5.78 Å². The molecule has 0 radical (unpaired) electrons. The fourth-order valence-corrected chi connectivity index (χ4v) is 3.11. The Morgan fingerprint density at radius 3 is 2.64 bits per heavy atom. The van der Waals surface area contributed by atoms with Crippen molar-refractivity contribution in [1.82, 2.24) is 0 Å². The quantitative estimate of drug-likeness (QED) is 0.737. The number of carbonyl (C=O) groups is 1. The molecule has 3 nitrogen and oxygen atoms in total. The second-order valence-corrected chi connectivity index (χ2v) is 5.82. The zero-order valence-corrected chi connectivity index (χ0v) is 12.3. The number of rotatable bonds is 3. The first-order valence-corrected chi connectivity index (χ1v) is 7.43. The number of phenols is 1. The van der Waals surface area contributed by atoms with Crippen LogP contribution in [0.3, 0.4) is 0 Å². The van der Waals surface area contributed by atoms with Crippen LogP contribution in [0.25, 0.3) is 10.4 Å². The normalized spacial score (nSPS) is 10.1. The van der Waals surface area contributed by atoms with Gasteiger partial charge >= 0.3 is 0 Å². The summed E-state index contributed by atoms with van der Waals surface area (Å²) in [5, 5.41) is 18.4. The Kier molecular flexibility index (Phi) is 3.73. The molecule has 1 N–H and O–H groups in total. The van der Waals surface area contributed by atoms with Gasteiger partial charge in [-0.15, -0.1) is 11.3 Å². The molecule has 3 aromatic rings. The molecule has 1 aromatic heterocycles. The van der Waals surface area contributed by atoms with Crippen molar-refractivity contribution >= 4 is 17.1 Å². The fraction of sp³-hybridized carbons (Fsp3) is 0. The summed E-state index contributed by atoms with van der Waals surface area (Å²) in [5.74, 6) is -0.0482. The van der Waals surface area contributed by atoms with Gasteiger partial charge in [-0.25, -0.2) is 0 Å². The van der Waals surface area contributed by atoms with Crippen LogP contribution >= 0.6 is 11.3 Å². The van der Waals surface area contributed by atoms with E-state index in [0.717, 1.165) is 10.4 Å². The van der Waals surface area contributed by atoms with Crippen molar-refractivity contribution in [2.45, 2.75) is 0 Å². The van der Waals surface area contributed by atoms with E-state index in [1.807, 2.05) is 18.2 Å². The van der Waals surface area contributed by atoms with E-state index in [1.54, 1.807) is 30.3 Å². The number of aromatic hydroxyl groups is 1. The summed E-state index contributed by atoms with van der Waals surface area (Å²) in [6.45, 7) is 0. The molecule has 22 heavy (non-hydrogen) atoms. The highest BCUT2D eigenvalue weighted by Gasteiger charge is 2.13. The van der Waals surface area contributed by atoms with Gasteiger partial charge in [0.1, 0.15) is 5.75 Å². The molecule has 0 fully saturated rings. The summed E-state index contributed by atoms with van der Waals surface area (Å²) in [7, 11) is 0. The van der Waals surface area contributed by atoms with E-state index in [-0.39, 0.29) is 11.5 Å². The molecule has 0 atom stereocenters. The fourth-order valence-electron chi connectivity index (χ4n) is 2.15. The average Bonchev–Trinajstić information content (AvgIpc) is 3.04. The molecule has 0 saturated heterocycles. The van der Waals surface area contributed by atoms with Crippen LogP contribution in [0, 0.1) is 11.3 Å². The molecule has 4 heteroatoms. The lowest BCUT2D eigenvalue weighted by Gasteiger charge is -1.99. The van der Waals surface area contributed by atoms with E-state index >= 15 is 0 Å². The van der Waals surface area contributed by atoms with Crippen LogP contribution in [0.4, 0.5) is 0 Å². The largest absolute Gasteiger partial charge is 0.508 e. The number of thiophene rings is 1. The van der Waals surface area contributed by atoms with Crippen molar-refractivity contribution in [2.24, 2.45) is 0 Å². The lowest BCUT2D eigenvalue weighted by Crippen LogP contribution is -1.97. The number of nitrogens with zero attached hydrogens (tertiary/aromatic N) is 1. The third-order valence-electron chi connectivity index (χ3n) is 3.21. The number of hydrogen-bond acceptors (Lipinski definition) is 4. The SMILES string of the molecule is N#Cc1cccc(-c2ccc(C(=O)c3cccc(O)c3)s2)c1. The topological polar surface area (TPSA) is 61.1 Å². The monoisotopic (exact) mass is 305 g/mol. The van der Waals surface area contributed by atoms with Crippen molar-refractivity contribution in [3.8, 4) is 22.3 Å². The van der Waals surface area contributed by atoms with Crippen molar-refractivity contribution < 1.29 is 9.90 Å². The van der Waals surface area contributed by atoms with Crippen LogP contribution < -0.4 is 0 Å². The molecule has 0 amide bonds. The zero-order valence-electron chi connectivity index (χ0n) is 11.5. The van der Waals surface area contributed by atoms with Crippen LogP contribution in [0.15, 0.2) is 60.7 Å². The van der Waals surface area contributed by atoms with Crippen LogP contribution in [-0.4, -0.2) is 10.9 Å². The number of phenolic OH excluding ortho intramolecular Hbond substituents is 1. The molecular weight excluding hydrogens is 294 g/mol. The maximum absolute atomic E-state index is 12.4. The maximum Gasteiger partial charge on any atom is 0.203 e. The van der Waals surface area contributed by atoms with E-state index in [4.69, 9.17) is 5.26 Å². The molecule has 0 aliphatic heterocycles. The van der Waals surface area contributed by atoms with Gasteiger partial charge in [-0.05, 0) is 42.0 Å². The molecular formula is C18H11NO2S. The Bertz CT molecular complexity index is 890. The van der Waals surface area contributed by atoms with Gasteiger partial charge in [0.15, 0.2) is 0 Å². The van der Waals surface area contributed by atoms with Crippen LogP contribution in [-0.2, 0) is 0 Å². The smallest absolute Gasteiger partial charge is 0.203 e. The van der Waals surface area contributed by atoms with Gasteiger partial charge in [-0.3, -0.25) is 4.79 Å². The highest BCUT2D eigenvalue weighted by atomic mass is 32.1. The van der Waals surface area contributed by atoms with Gasteiger partial charge < -0.3 is 5.11 Å². The molecule has 2 aromatic carbocycles. The standard InChI is InChI=1S/C18H11NO2S/c19-11-12-3-1-4-13(9-12)16-7-8-17(22-16)18(21)14-5-2-6-15(20)10-14/h1-10,20H. The molecule has 3 rings (SSSR count). The Hall–Kier alpha value is -2.90. The average molecular weight is 305 g/mol. The van der Waals surface area contributed by atoms with E-state index in [9.17, 15) is 9.90 Å². The molecule has 0 spiro atoms. The van der Waals surface area contributed by atoms with Gasteiger partial charge in [0, 0.05) is 10.4 Å². The maximum atomic E-state index is 12.4. The first-order valence-electron chi connectivity index (χ1n) is 6.61. The third-order valence-corrected chi connectivity index (χ3v) is 4.35. The van der Waals surface area contributed by atoms with Gasteiger partial charge in [0.05, 0.1) is 16.5 Å². The first-order chi connectivity index (χ1) is 10.7. The first kappa shape index (κ1) is 14.1. The van der Waals surface area contributed by atoms with E-state index < -0.39 is 0 Å². The van der Waals surface area contributed by atoms with Crippen LogP contribution in [0.2, 0.25) is 0 Å². The lowest BCUT2D eigenvalue weighted by atomic mass is 10.1. The number of nitriles is 1. The Morgan fingerprint density at radius 2 is 1.86 bits per heavy atom. The Labute approximate surface area is 131 Å². The summed E-state index contributed by atoms with van der Waals surface area (Å²) < 4.78 is 0. The number of ketones is 1. The van der Waals surface area contributed by atoms with Gasteiger partial charge in [-0.2, -0.15) is 5.26 Å². The summed E-state index contributed by atoms with van der Waals surface area (Å²) in [6, 6.07) is 19.3. The Morgan fingerprint density at radius 1 is 1.05 bits per heavy atom. The number of carbonyl (C=O) groups excluding carboxylic acids is 1. The van der Waals surface area contributed by atoms with E-state index in [0.29, 0.717) is 16.0 Å². The number of hydrogen-bond donors (Lipinski definition) is 1. The predicted molar refractivity (Wildman–Crippen MR) is 86.0 cm³/mol. The minimum atomic E-state index is -0.122. The molecule has 0 saturated carbocycles. The molecule has 0 aliphatic carbocycles. The predicted octanol–water partition coefficient (Wildman–Crippen LogP) is 4.22. The molecule has 0 bridgehead atoms. The second-order valence-electron chi connectivity index (χ2n) is 4.74. The van der Waals surface area contributed by atoms with Crippen LogP contribution in [0.5, 0.6) is 5.75 Å². The minimum absolute atomic E-state index is 0.0735. The second kappa shape index (κ2) is 5.84. The molecule has 0 aliphatic rings. The lowest BCUT2D eigenvalue weighted by molar-refractivity contribution is 0.104. The summed E-state index contributed by atoms with van der Waals surface area (Å²) in [6.07, 6.45) is 0.